The number of benzene rings is 1. The minimum absolute atomic E-state index is 0.0305. The Balaban J connectivity index is 2.68. The molecule has 1 amide bonds. The number of carbonyl (C=O) groups excluding carboxylic acids is 1. The van der Waals surface area contributed by atoms with E-state index in [4.69, 9.17) is 0 Å². The predicted octanol–water partition coefficient (Wildman–Crippen LogP) is 1.93. The van der Waals surface area contributed by atoms with Gasteiger partial charge < -0.3 is 5.32 Å². The van der Waals surface area contributed by atoms with E-state index in [9.17, 15) is 26.4 Å². The van der Waals surface area contributed by atoms with E-state index < -0.39 is 33.4 Å². The Morgan fingerprint density at radius 2 is 1.90 bits per heavy atom. The van der Waals surface area contributed by atoms with Crippen molar-refractivity contribution in [1.29, 1.82) is 0 Å². The first-order valence-corrected chi connectivity index (χ1v) is 7.50. The molecule has 0 aliphatic carbocycles. The summed E-state index contributed by atoms with van der Waals surface area (Å²) in [6, 6.07) is 4.13. The zero-order chi connectivity index (χ0) is 16.3. The van der Waals surface area contributed by atoms with Crippen LogP contribution in [0, 0.1) is 0 Å². The number of halogens is 3. The van der Waals surface area contributed by atoms with Gasteiger partial charge in [0.1, 0.15) is 0 Å². The molecule has 0 saturated carbocycles. The van der Waals surface area contributed by atoms with Crippen LogP contribution in [0.1, 0.15) is 12.0 Å². The maximum absolute atomic E-state index is 12.5. The highest BCUT2D eigenvalue weighted by Crippen LogP contribution is 2.30. The Kier molecular flexibility index (Phi) is 5.35. The Morgan fingerprint density at radius 1 is 1.29 bits per heavy atom. The minimum atomic E-state index is -4.50. The van der Waals surface area contributed by atoms with Crippen LogP contribution in [0.25, 0.3) is 0 Å². The first-order chi connectivity index (χ1) is 9.52. The fourth-order valence-electron chi connectivity index (χ4n) is 1.40. The highest BCUT2D eigenvalue weighted by molar-refractivity contribution is 7.89. The molecule has 1 N–H and O–H groups in total. The van der Waals surface area contributed by atoms with Crippen LogP contribution in [-0.4, -0.2) is 38.5 Å². The number of sulfonamides is 1. The van der Waals surface area contributed by atoms with Crippen LogP contribution in [0.15, 0.2) is 24.3 Å². The number of anilines is 1. The number of nitrogens with zero attached hydrogens (tertiary/aromatic N) is 1. The molecule has 0 unspecified atom stereocenters. The topological polar surface area (TPSA) is 66.5 Å². The molecule has 1 aromatic rings. The summed E-state index contributed by atoms with van der Waals surface area (Å²) in [6.07, 6.45) is -4.84. The van der Waals surface area contributed by atoms with Crippen molar-refractivity contribution in [2.24, 2.45) is 0 Å². The van der Waals surface area contributed by atoms with E-state index in [-0.39, 0.29) is 12.1 Å². The van der Waals surface area contributed by atoms with Gasteiger partial charge in [-0.1, -0.05) is 6.07 Å². The van der Waals surface area contributed by atoms with Crippen molar-refractivity contribution < 1.29 is 26.4 Å². The van der Waals surface area contributed by atoms with Crippen molar-refractivity contribution >= 4 is 21.6 Å². The molecular formula is C12H15F3N2O3S. The fraction of sp³-hybridized carbons (Fsp3) is 0.417. The number of alkyl halides is 3. The van der Waals surface area contributed by atoms with Gasteiger partial charge in [-0.2, -0.15) is 13.2 Å². The maximum atomic E-state index is 12.5. The van der Waals surface area contributed by atoms with Gasteiger partial charge >= 0.3 is 6.18 Å². The van der Waals surface area contributed by atoms with Crippen molar-refractivity contribution in [1.82, 2.24) is 4.31 Å². The second-order valence-corrected chi connectivity index (χ2v) is 6.78. The third-order valence-electron chi connectivity index (χ3n) is 2.62. The normalized spacial score (nSPS) is 12.5. The monoisotopic (exact) mass is 324 g/mol. The number of hydrogen-bond acceptors (Lipinski definition) is 3. The summed E-state index contributed by atoms with van der Waals surface area (Å²) in [5.74, 6) is -1.08. The SMILES string of the molecule is CN(C)S(=O)(=O)CCC(=O)Nc1cccc(C(F)(F)F)c1. The van der Waals surface area contributed by atoms with Crippen LogP contribution in [0.4, 0.5) is 18.9 Å². The van der Waals surface area contributed by atoms with E-state index in [1.165, 1.54) is 20.2 Å². The van der Waals surface area contributed by atoms with Crippen LogP contribution in [0.5, 0.6) is 0 Å². The summed E-state index contributed by atoms with van der Waals surface area (Å²) < 4.78 is 61.4. The third kappa shape index (κ3) is 5.35. The molecule has 0 radical (unpaired) electrons. The van der Waals surface area contributed by atoms with Crippen molar-refractivity contribution in [3.63, 3.8) is 0 Å². The minimum Gasteiger partial charge on any atom is -0.326 e. The summed E-state index contributed by atoms with van der Waals surface area (Å²) in [4.78, 5) is 11.6. The van der Waals surface area contributed by atoms with Gasteiger partial charge in [-0.05, 0) is 18.2 Å². The predicted molar refractivity (Wildman–Crippen MR) is 72.2 cm³/mol. The average molecular weight is 324 g/mol. The van der Waals surface area contributed by atoms with Gasteiger partial charge in [0.05, 0.1) is 11.3 Å². The van der Waals surface area contributed by atoms with Gasteiger partial charge in [0, 0.05) is 26.2 Å². The van der Waals surface area contributed by atoms with Crippen LogP contribution in [-0.2, 0) is 21.0 Å². The lowest BCUT2D eigenvalue weighted by molar-refractivity contribution is -0.137. The Bertz CT molecular complexity index is 612. The number of rotatable bonds is 5. The number of carbonyl (C=O) groups is 1. The van der Waals surface area contributed by atoms with Crippen LogP contribution in [0.2, 0.25) is 0 Å². The molecule has 0 aliphatic heterocycles. The first-order valence-electron chi connectivity index (χ1n) is 5.90. The maximum Gasteiger partial charge on any atom is 0.416 e. The smallest absolute Gasteiger partial charge is 0.326 e. The Labute approximate surface area is 120 Å². The highest BCUT2D eigenvalue weighted by Gasteiger charge is 2.30. The summed E-state index contributed by atoms with van der Waals surface area (Å²) in [5, 5.41) is 2.24. The van der Waals surface area contributed by atoms with Crippen LogP contribution >= 0.6 is 0 Å². The van der Waals surface area contributed by atoms with Gasteiger partial charge in [0.2, 0.25) is 15.9 Å². The lowest BCUT2D eigenvalue weighted by Gasteiger charge is -2.12. The van der Waals surface area contributed by atoms with Crippen molar-refractivity contribution in [3.05, 3.63) is 29.8 Å². The zero-order valence-corrected chi connectivity index (χ0v) is 12.3. The molecular weight excluding hydrogens is 309 g/mol. The molecule has 0 heterocycles. The largest absolute Gasteiger partial charge is 0.416 e. The van der Waals surface area contributed by atoms with Gasteiger partial charge in [0.15, 0.2) is 0 Å². The number of nitrogens with one attached hydrogen (secondary N) is 1. The van der Waals surface area contributed by atoms with Crippen molar-refractivity contribution in [3.8, 4) is 0 Å². The van der Waals surface area contributed by atoms with Crippen LogP contribution in [0.3, 0.4) is 0 Å². The van der Waals surface area contributed by atoms with Crippen molar-refractivity contribution in [2.75, 3.05) is 25.2 Å². The lowest BCUT2D eigenvalue weighted by Crippen LogP contribution is -2.27. The summed E-state index contributed by atoms with van der Waals surface area (Å²) >= 11 is 0. The molecule has 1 aromatic carbocycles. The first kappa shape index (κ1) is 17.4. The van der Waals surface area contributed by atoms with Gasteiger partial charge in [-0.25, -0.2) is 12.7 Å². The molecule has 0 aromatic heterocycles. The molecule has 9 heteroatoms. The quantitative estimate of drug-likeness (QED) is 0.900. The number of hydrogen-bond donors (Lipinski definition) is 1. The van der Waals surface area contributed by atoms with E-state index in [0.717, 1.165) is 22.5 Å². The number of amides is 1. The second kappa shape index (κ2) is 6.44. The van der Waals surface area contributed by atoms with Crippen LogP contribution < -0.4 is 5.32 Å². The second-order valence-electron chi connectivity index (χ2n) is 4.48. The third-order valence-corrected chi connectivity index (χ3v) is 4.45. The van der Waals surface area contributed by atoms with E-state index in [1.54, 1.807) is 0 Å². The Morgan fingerprint density at radius 3 is 2.43 bits per heavy atom. The molecule has 118 valence electrons. The molecule has 0 saturated heterocycles. The molecule has 0 bridgehead atoms. The standard InChI is InChI=1S/C12H15F3N2O3S/c1-17(2)21(19,20)7-6-11(18)16-10-5-3-4-9(8-10)12(13,14)15/h3-5,8H,6-7H2,1-2H3,(H,16,18). The zero-order valence-electron chi connectivity index (χ0n) is 11.4. The van der Waals surface area contributed by atoms with E-state index in [1.807, 2.05) is 0 Å². The van der Waals surface area contributed by atoms with Gasteiger partial charge in [-0.3, -0.25) is 4.79 Å². The van der Waals surface area contributed by atoms with Gasteiger partial charge in [-0.15, -0.1) is 0 Å². The molecule has 0 aliphatic rings. The van der Waals surface area contributed by atoms with E-state index in [2.05, 4.69) is 5.32 Å². The Hall–Kier alpha value is -1.61. The molecule has 1 rings (SSSR count). The molecule has 5 nitrogen and oxygen atoms in total. The highest BCUT2D eigenvalue weighted by atomic mass is 32.2. The molecule has 21 heavy (non-hydrogen) atoms. The molecule has 0 fully saturated rings. The summed E-state index contributed by atoms with van der Waals surface area (Å²) in [5.41, 5.74) is -0.918. The average Bonchev–Trinajstić information content (AvgIpc) is 2.35. The lowest BCUT2D eigenvalue weighted by atomic mass is 10.2. The summed E-state index contributed by atoms with van der Waals surface area (Å²) in [6.45, 7) is 0. The van der Waals surface area contributed by atoms with Gasteiger partial charge in [0.25, 0.3) is 0 Å². The molecule has 0 spiro atoms. The van der Waals surface area contributed by atoms with E-state index >= 15 is 0 Å². The van der Waals surface area contributed by atoms with E-state index in [0.29, 0.717) is 0 Å². The summed E-state index contributed by atoms with van der Waals surface area (Å²) in [7, 11) is -0.858. The van der Waals surface area contributed by atoms with Crippen molar-refractivity contribution in [2.45, 2.75) is 12.6 Å². The fourth-order valence-corrected chi connectivity index (χ4v) is 2.21. The molecule has 0 atom stereocenters.